The fraction of sp³-hybridized carbons (Fsp3) is 0.588. The third-order valence-corrected chi connectivity index (χ3v) is 5.97. The number of anilines is 1. The molecule has 0 aliphatic heterocycles. The average Bonchev–Trinajstić information content (AvgIpc) is 2.92. The van der Waals surface area contributed by atoms with Crippen LogP contribution >= 0.6 is 15.9 Å². The number of nitrogens with two attached hydrogens (primary N) is 1. The van der Waals surface area contributed by atoms with Crippen molar-refractivity contribution in [2.45, 2.75) is 45.4 Å². The zero-order chi connectivity index (χ0) is 17.5. The number of hydrogen-bond acceptors (Lipinski definition) is 5. The van der Waals surface area contributed by atoms with Gasteiger partial charge in [0.05, 0.1) is 12.5 Å². The third kappa shape index (κ3) is 2.59. The zero-order valence-electron chi connectivity index (χ0n) is 14.3. The van der Waals surface area contributed by atoms with Crippen molar-refractivity contribution in [1.29, 1.82) is 0 Å². The largest absolute Gasteiger partial charge is 0.469 e. The summed E-state index contributed by atoms with van der Waals surface area (Å²) in [5.74, 6) is 1.67. The summed E-state index contributed by atoms with van der Waals surface area (Å²) in [5, 5.41) is 0. The van der Waals surface area contributed by atoms with Crippen LogP contribution in [0.3, 0.4) is 0 Å². The van der Waals surface area contributed by atoms with Gasteiger partial charge in [-0.2, -0.15) is 0 Å². The Labute approximate surface area is 149 Å². The summed E-state index contributed by atoms with van der Waals surface area (Å²) < 4.78 is 7.83. The second-order valence-corrected chi connectivity index (χ2v) is 7.64. The lowest BCUT2D eigenvalue weighted by molar-refractivity contribution is -0.159. The van der Waals surface area contributed by atoms with E-state index >= 15 is 0 Å². The van der Waals surface area contributed by atoms with Crippen LogP contribution in [0.5, 0.6) is 0 Å². The standard InChI is InChI=1S/C17H23BrN4O2/c1-10(2)17(16(23)24-3)6-4-5-11(9-17)15-21-13(18)12-14(19)20-7-8-22(12)15/h7-8,10-11H,4-6,9H2,1-3H3,(H2,19,20)/t11-,17+/m0/s1. The molecule has 0 radical (unpaired) electrons. The molecule has 3 rings (SSSR count). The zero-order valence-corrected chi connectivity index (χ0v) is 15.8. The number of halogens is 1. The molecule has 6 nitrogen and oxygen atoms in total. The molecular weight excluding hydrogens is 372 g/mol. The SMILES string of the molecule is COC(=O)[C@]1(C(C)C)CCC[C@H](c2nc(Br)c3c(N)nccn23)C1. The van der Waals surface area contributed by atoms with E-state index in [1.165, 1.54) is 7.11 Å². The number of hydrogen-bond donors (Lipinski definition) is 1. The molecule has 1 saturated carbocycles. The highest BCUT2D eigenvalue weighted by Crippen LogP contribution is 2.49. The summed E-state index contributed by atoms with van der Waals surface area (Å²) in [6.45, 7) is 4.20. The van der Waals surface area contributed by atoms with Crippen molar-refractivity contribution in [3.05, 3.63) is 22.8 Å². The number of fused-ring (bicyclic) bond motifs is 1. The van der Waals surface area contributed by atoms with E-state index in [4.69, 9.17) is 15.5 Å². The van der Waals surface area contributed by atoms with Crippen molar-refractivity contribution in [3.63, 3.8) is 0 Å². The van der Waals surface area contributed by atoms with Crippen LogP contribution in [-0.4, -0.2) is 27.4 Å². The average molecular weight is 395 g/mol. The molecule has 0 aromatic carbocycles. The van der Waals surface area contributed by atoms with E-state index in [-0.39, 0.29) is 17.8 Å². The molecule has 1 aliphatic rings. The predicted molar refractivity (Wildman–Crippen MR) is 95.6 cm³/mol. The van der Waals surface area contributed by atoms with E-state index in [0.29, 0.717) is 10.4 Å². The molecule has 2 N–H and O–H groups in total. The van der Waals surface area contributed by atoms with Crippen molar-refractivity contribution in [2.75, 3.05) is 12.8 Å². The van der Waals surface area contributed by atoms with Gasteiger partial charge in [0.2, 0.25) is 0 Å². The first kappa shape index (κ1) is 17.2. The monoisotopic (exact) mass is 394 g/mol. The molecular formula is C17H23BrN4O2. The summed E-state index contributed by atoms with van der Waals surface area (Å²) in [4.78, 5) is 21.4. The number of carbonyl (C=O) groups is 1. The Morgan fingerprint density at radius 2 is 2.29 bits per heavy atom. The maximum absolute atomic E-state index is 12.5. The molecule has 0 spiro atoms. The molecule has 2 atom stereocenters. The molecule has 2 heterocycles. The molecule has 2 aromatic heterocycles. The van der Waals surface area contributed by atoms with Crippen molar-refractivity contribution in [1.82, 2.24) is 14.4 Å². The number of rotatable bonds is 3. The van der Waals surface area contributed by atoms with Crippen LogP contribution < -0.4 is 5.73 Å². The van der Waals surface area contributed by atoms with E-state index in [1.807, 2.05) is 10.6 Å². The Hall–Kier alpha value is -1.63. The normalized spacial score (nSPS) is 24.5. The Balaban J connectivity index is 2.04. The van der Waals surface area contributed by atoms with Gasteiger partial charge in [0.25, 0.3) is 0 Å². The van der Waals surface area contributed by atoms with Crippen molar-refractivity contribution < 1.29 is 9.53 Å². The van der Waals surface area contributed by atoms with Gasteiger partial charge in [-0.05, 0) is 41.1 Å². The first-order valence-corrected chi connectivity index (χ1v) is 9.06. The fourth-order valence-electron chi connectivity index (χ4n) is 4.01. The summed E-state index contributed by atoms with van der Waals surface area (Å²) in [6, 6.07) is 0. The highest BCUT2D eigenvalue weighted by atomic mass is 79.9. The minimum absolute atomic E-state index is 0.108. The Bertz CT molecular complexity index is 773. The molecule has 0 unspecified atom stereocenters. The van der Waals surface area contributed by atoms with Gasteiger partial charge in [0.1, 0.15) is 15.9 Å². The van der Waals surface area contributed by atoms with Crippen LogP contribution in [0, 0.1) is 11.3 Å². The van der Waals surface area contributed by atoms with Crippen molar-refractivity contribution in [3.8, 4) is 0 Å². The summed E-state index contributed by atoms with van der Waals surface area (Å²) in [5.41, 5.74) is 6.33. The van der Waals surface area contributed by atoms with Gasteiger partial charge >= 0.3 is 5.97 Å². The van der Waals surface area contributed by atoms with Crippen LogP contribution in [0.15, 0.2) is 17.0 Å². The van der Waals surface area contributed by atoms with Gasteiger partial charge in [-0.15, -0.1) is 0 Å². The van der Waals surface area contributed by atoms with Gasteiger partial charge in [-0.1, -0.05) is 20.3 Å². The molecule has 130 valence electrons. The maximum Gasteiger partial charge on any atom is 0.312 e. The smallest absolute Gasteiger partial charge is 0.312 e. The van der Waals surface area contributed by atoms with E-state index in [9.17, 15) is 4.79 Å². The number of imidazole rings is 1. The highest BCUT2D eigenvalue weighted by Gasteiger charge is 2.47. The molecule has 0 amide bonds. The lowest BCUT2D eigenvalue weighted by Crippen LogP contribution is -2.41. The predicted octanol–water partition coefficient (Wildman–Crippen LogP) is 3.55. The second-order valence-electron chi connectivity index (χ2n) is 6.89. The Kier molecular flexibility index (Phi) is 4.55. The summed E-state index contributed by atoms with van der Waals surface area (Å²) in [7, 11) is 1.48. The minimum atomic E-state index is -0.450. The van der Waals surface area contributed by atoms with E-state index in [1.54, 1.807) is 6.20 Å². The lowest BCUT2D eigenvalue weighted by Gasteiger charge is -2.41. The Morgan fingerprint density at radius 1 is 1.54 bits per heavy atom. The molecule has 0 bridgehead atoms. The summed E-state index contributed by atoms with van der Waals surface area (Å²) >= 11 is 3.49. The second kappa shape index (κ2) is 6.35. The number of methoxy groups -OCH3 is 1. The molecule has 0 saturated heterocycles. The molecule has 2 aromatic rings. The fourth-order valence-corrected chi connectivity index (χ4v) is 4.58. The number of aromatic nitrogens is 3. The van der Waals surface area contributed by atoms with E-state index in [2.05, 4.69) is 34.8 Å². The first-order valence-electron chi connectivity index (χ1n) is 8.27. The van der Waals surface area contributed by atoms with E-state index in [0.717, 1.165) is 37.0 Å². The maximum atomic E-state index is 12.5. The lowest BCUT2D eigenvalue weighted by atomic mass is 9.63. The molecule has 1 aliphatic carbocycles. The van der Waals surface area contributed by atoms with Crippen LogP contribution in [0.25, 0.3) is 5.52 Å². The van der Waals surface area contributed by atoms with Gasteiger partial charge in [0.15, 0.2) is 5.82 Å². The number of carbonyl (C=O) groups excluding carboxylic acids is 1. The van der Waals surface area contributed by atoms with Crippen molar-refractivity contribution in [2.24, 2.45) is 11.3 Å². The quantitative estimate of drug-likeness (QED) is 0.804. The van der Waals surface area contributed by atoms with Crippen LogP contribution in [0.1, 0.15) is 51.3 Å². The van der Waals surface area contributed by atoms with Crippen molar-refractivity contribution >= 4 is 33.2 Å². The highest BCUT2D eigenvalue weighted by molar-refractivity contribution is 9.10. The van der Waals surface area contributed by atoms with E-state index < -0.39 is 5.41 Å². The topological polar surface area (TPSA) is 82.5 Å². The van der Waals surface area contributed by atoms with Gasteiger partial charge in [-0.3, -0.25) is 9.20 Å². The minimum Gasteiger partial charge on any atom is -0.469 e. The summed E-state index contributed by atoms with van der Waals surface area (Å²) in [6.07, 6.45) is 7.14. The molecule has 24 heavy (non-hydrogen) atoms. The molecule has 7 heteroatoms. The third-order valence-electron chi connectivity index (χ3n) is 5.42. The van der Waals surface area contributed by atoms with Crippen LogP contribution in [0.2, 0.25) is 0 Å². The number of ether oxygens (including phenoxy) is 1. The Morgan fingerprint density at radius 3 is 2.96 bits per heavy atom. The van der Waals surface area contributed by atoms with Gasteiger partial charge < -0.3 is 10.5 Å². The van der Waals surface area contributed by atoms with Crippen LogP contribution in [0.4, 0.5) is 5.82 Å². The first-order chi connectivity index (χ1) is 11.4. The number of nitrogens with zero attached hydrogens (tertiary/aromatic N) is 3. The molecule has 1 fully saturated rings. The van der Waals surface area contributed by atoms with Gasteiger partial charge in [-0.25, -0.2) is 9.97 Å². The number of esters is 1. The van der Waals surface area contributed by atoms with Crippen LogP contribution in [-0.2, 0) is 9.53 Å². The van der Waals surface area contributed by atoms with Gasteiger partial charge in [0, 0.05) is 18.3 Å². The number of nitrogen functional groups attached to an aromatic ring is 1.